The van der Waals surface area contributed by atoms with Crippen molar-refractivity contribution in [2.45, 2.75) is 39.4 Å². The third-order valence-electron chi connectivity index (χ3n) is 7.62. The predicted molar refractivity (Wildman–Crippen MR) is 173 cm³/mol. The molecule has 0 spiro atoms. The molecule has 0 saturated carbocycles. The van der Waals surface area contributed by atoms with Crippen LogP contribution in [0.1, 0.15) is 57.6 Å². The van der Waals surface area contributed by atoms with Crippen molar-refractivity contribution < 1.29 is 33.3 Å². The molecule has 0 bridgehead atoms. The predicted octanol–water partition coefficient (Wildman–Crippen LogP) is 7.81. The lowest BCUT2D eigenvalue weighted by Gasteiger charge is -2.28. The molecule has 45 heavy (non-hydrogen) atoms. The zero-order valence-corrected chi connectivity index (χ0v) is 25.9. The van der Waals surface area contributed by atoms with Gasteiger partial charge in [-0.2, -0.15) is 0 Å². The fraction of sp³-hybridized carbons (Fsp3) is 0.184. The van der Waals surface area contributed by atoms with Crippen molar-refractivity contribution in [2.75, 3.05) is 7.11 Å². The molecule has 0 fully saturated rings. The van der Waals surface area contributed by atoms with Crippen LogP contribution in [-0.2, 0) is 37.7 Å². The average Bonchev–Trinajstić information content (AvgIpc) is 3.06. The number of hydrogen-bond donors (Lipinski definition) is 0. The maximum absolute atomic E-state index is 13.0. The molecule has 0 amide bonds. The highest BCUT2D eigenvalue weighted by Crippen LogP contribution is 2.36. The summed E-state index contributed by atoms with van der Waals surface area (Å²) in [6.45, 7) is 13.2. The molecule has 230 valence electrons. The Hall–Kier alpha value is -5.43. The van der Waals surface area contributed by atoms with Gasteiger partial charge >= 0.3 is 11.9 Å². The fourth-order valence-corrected chi connectivity index (χ4v) is 4.69. The van der Waals surface area contributed by atoms with E-state index < -0.39 is 17.4 Å². The van der Waals surface area contributed by atoms with Crippen molar-refractivity contribution in [3.05, 3.63) is 149 Å². The van der Waals surface area contributed by atoms with Gasteiger partial charge in [0, 0.05) is 34.3 Å². The third kappa shape index (κ3) is 7.95. The number of ketones is 1. The normalized spacial score (nSPS) is 10.8. The summed E-state index contributed by atoms with van der Waals surface area (Å²) in [4.78, 5) is 36.5. The number of aryl methyl sites for hydroxylation is 1. The van der Waals surface area contributed by atoms with E-state index in [0.29, 0.717) is 33.9 Å². The number of benzene rings is 4. The first-order valence-electron chi connectivity index (χ1n) is 14.3. The number of carbonyl (C=O) groups is 3. The molecule has 0 N–H and O–H groups in total. The molecular formula is C38H36O7. The van der Waals surface area contributed by atoms with E-state index in [1.807, 2.05) is 43.3 Å². The van der Waals surface area contributed by atoms with Crippen LogP contribution in [0.25, 0.3) is 0 Å². The second-order valence-corrected chi connectivity index (χ2v) is 10.9. The first-order valence-corrected chi connectivity index (χ1v) is 14.3. The Labute approximate surface area is 263 Å². The van der Waals surface area contributed by atoms with Gasteiger partial charge in [0.2, 0.25) is 0 Å². The molecule has 0 radical (unpaired) electrons. The molecule has 0 unspecified atom stereocenters. The van der Waals surface area contributed by atoms with Crippen molar-refractivity contribution in [1.29, 1.82) is 0 Å². The van der Waals surface area contributed by atoms with E-state index in [9.17, 15) is 14.4 Å². The Morgan fingerprint density at radius 2 is 1.18 bits per heavy atom. The van der Waals surface area contributed by atoms with E-state index in [0.717, 1.165) is 34.4 Å². The minimum absolute atomic E-state index is 0.0329. The molecule has 4 rings (SSSR count). The molecular weight excluding hydrogens is 568 g/mol. The summed E-state index contributed by atoms with van der Waals surface area (Å²) in [5, 5.41) is 0. The van der Waals surface area contributed by atoms with Crippen molar-refractivity contribution in [3.63, 3.8) is 0 Å². The second-order valence-electron chi connectivity index (χ2n) is 10.9. The summed E-state index contributed by atoms with van der Waals surface area (Å²) in [5.74, 6) is 0.542. The van der Waals surface area contributed by atoms with Crippen molar-refractivity contribution >= 4 is 17.7 Å². The van der Waals surface area contributed by atoms with Gasteiger partial charge in [-0.25, -0.2) is 9.59 Å². The second kappa shape index (κ2) is 14.4. The minimum Gasteiger partial charge on any atom is -0.497 e. The lowest BCUT2D eigenvalue weighted by Crippen LogP contribution is -2.20. The van der Waals surface area contributed by atoms with Crippen molar-refractivity contribution in [1.82, 2.24) is 0 Å². The van der Waals surface area contributed by atoms with Crippen LogP contribution in [0, 0.1) is 6.92 Å². The summed E-state index contributed by atoms with van der Waals surface area (Å²) in [7, 11) is 1.58. The van der Waals surface area contributed by atoms with E-state index in [2.05, 4.69) is 27.0 Å². The Bertz CT molecular complexity index is 1710. The number of esters is 2. The van der Waals surface area contributed by atoms with Gasteiger partial charge in [0.25, 0.3) is 0 Å². The number of ether oxygens (including phenoxy) is 4. The largest absolute Gasteiger partial charge is 0.497 e. The minimum atomic E-state index is -0.552. The first kappa shape index (κ1) is 32.5. The molecule has 0 aromatic heterocycles. The summed E-state index contributed by atoms with van der Waals surface area (Å²) in [6, 6.07) is 25.6. The zero-order valence-electron chi connectivity index (χ0n) is 25.9. The van der Waals surface area contributed by atoms with Gasteiger partial charge in [-0.1, -0.05) is 51.3 Å². The third-order valence-corrected chi connectivity index (χ3v) is 7.62. The Morgan fingerprint density at radius 1 is 0.689 bits per heavy atom. The van der Waals surface area contributed by atoms with Crippen LogP contribution in [0.5, 0.6) is 17.2 Å². The monoisotopic (exact) mass is 604 g/mol. The van der Waals surface area contributed by atoms with Gasteiger partial charge in [-0.3, -0.25) is 4.79 Å². The average molecular weight is 605 g/mol. The highest BCUT2D eigenvalue weighted by molar-refractivity contribution is 6.09. The number of rotatable bonds is 13. The molecule has 4 aromatic carbocycles. The lowest BCUT2D eigenvalue weighted by molar-refractivity contribution is -0.139. The maximum atomic E-state index is 13.0. The van der Waals surface area contributed by atoms with E-state index >= 15 is 0 Å². The molecule has 7 heteroatoms. The van der Waals surface area contributed by atoms with Gasteiger partial charge < -0.3 is 18.9 Å². The van der Waals surface area contributed by atoms with Gasteiger partial charge in [0.15, 0.2) is 5.78 Å². The SMILES string of the molecule is C=CC(=O)OCc1cc(C(C)(C)c2ccc(Oc3ccc(C(=O)c4ccc(OC)cc4)cc3)c(COC(=O)C=C)c2)ccc1C. The summed E-state index contributed by atoms with van der Waals surface area (Å²) in [6.07, 6.45) is 2.25. The van der Waals surface area contributed by atoms with Crippen LogP contribution in [0.2, 0.25) is 0 Å². The van der Waals surface area contributed by atoms with Gasteiger partial charge in [0.05, 0.1) is 7.11 Å². The molecule has 0 saturated heterocycles. The number of carbonyl (C=O) groups excluding carboxylic acids is 3. The lowest BCUT2D eigenvalue weighted by atomic mass is 9.77. The van der Waals surface area contributed by atoms with Crippen molar-refractivity contribution in [3.8, 4) is 17.2 Å². The molecule has 0 aliphatic heterocycles. The molecule has 0 atom stereocenters. The summed E-state index contributed by atoms with van der Waals surface area (Å²) < 4.78 is 22.1. The van der Waals surface area contributed by atoms with E-state index in [4.69, 9.17) is 18.9 Å². The molecule has 0 heterocycles. The first-order chi connectivity index (χ1) is 21.5. The number of methoxy groups -OCH3 is 1. The van der Waals surface area contributed by atoms with E-state index in [-0.39, 0.29) is 19.0 Å². The van der Waals surface area contributed by atoms with Crippen molar-refractivity contribution in [2.24, 2.45) is 0 Å². The molecule has 7 nitrogen and oxygen atoms in total. The standard InChI is InChI=1S/C38H36O7/c1-7-35(39)43-23-28-21-30(14-9-25(28)3)38(4,5)31-15-20-34(29(22-31)24-44-36(40)8-2)45-33-18-12-27(13-19-33)37(41)26-10-16-32(42-6)17-11-26/h7-22H,1-2,23-24H2,3-6H3. The van der Waals surface area contributed by atoms with Gasteiger partial charge in [-0.05, 0) is 89.8 Å². The Kier molecular flexibility index (Phi) is 10.4. The maximum Gasteiger partial charge on any atom is 0.330 e. The van der Waals surface area contributed by atoms with Crippen LogP contribution in [0.3, 0.4) is 0 Å². The number of hydrogen-bond acceptors (Lipinski definition) is 7. The molecule has 0 aliphatic rings. The van der Waals surface area contributed by atoms with E-state index in [1.54, 1.807) is 55.6 Å². The Morgan fingerprint density at radius 3 is 1.71 bits per heavy atom. The molecule has 0 aliphatic carbocycles. The van der Waals surface area contributed by atoms with Crippen LogP contribution < -0.4 is 9.47 Å². The van der Waals surface area contributed by atoms with Crippen LogP contribution in [-0.4, -0.2) is 24.8 Å². The quantitative estimate of drug-likeness (QED) is 0.0874. The van der Waals surface area contributed by atoms with Crippen LogP contribution in [0.4, 0.5) is 0 Å². The topological polar surface area (TPSA) is 88.1 Å². The molecule has 4 aromatic rings. The van der Waals surface area contributed by atoms with Gasteiger partial charge in [-0.15, -0.1) is 0 Å². The Balaban J connectivity index is 1.60. The highest BCUT2D eigenvalue weighted by atomic mass is 16.5. The van der Waals surface area contributed by atoms with E-state index in [1.165, 1.54) is 0 Å². The summed E-state index contributed by atoms with van der Waals surface area (Å²) in [5.41, 5.74) is 5.11. The smallest absolute Gasteiger partial charge is 0.330 e. The zero-order chi connectivity index (χ0) is 32.6. The van der Waals surface area contributed by atoms with Crippen LogP contribution >= 0.6 is 0 Å². The summed E-state index contributed by atoms with van der Waals surface area (Å²) >= 11 is 0. The highest BCUT2D eigenvalue weighted by Gasteiger charge is 2.26. The fourth-order valence-electron chi connectivity index (χ4n) is 4.69. The van der Waals surface area contributed by atoms with Gasteiger partial charge in [0.1, 0.15) is 30.5 Å². The van der Waals surface area contributed by atoms with Crippen LogP contribution in [0.15, 0.2) is 110 Å².